The van der Waals surface area contributed by atoms with Crippen molar-refractivity contribution in [3.63, 3.8) is 0 Å². The highest BCUT2D eigenvalue weighted by Gasteiger charge is 2.42. The third-order valence-electron chi connectivity index (χ3n) is 19.3. The zero-order valence-electron chi connectivity index (χ0n) is 63.8. The maximum absolute atomic E-state index is 14.1. The number of nitrogen functional groups attached to an aromatic ring is 1. The molecule has 11 aromatic rings. The lowest BCUT2D eigenvalue weighted by Gasteiger charge is -2.23. The van der Waals surface area contributed by atoms with Crippen molar-refractivity contribution >= 4 is 135 Å². The number of sulfonamides is 5. The summed E-state index contributed by atoms with van der Waals surface area (Å²) in [6.07, 6.45) is 9.55. The average Bonchev–Trinajstić information content (AvgIpc) is 1.54. The second-order valence-electron chi connectivity index (χ2n) is 27.5. The van der Waals surface area contributed by atoms with Crippen molar-refractivity contribution in [2.45, 2.75) is 52.5 Å². The molecule has 116 heavy (non-hydrogen) atoms. The number of nitrogens with two attached hydrogens (primary N) is 1. The van der Waals surface area contributed by atoms with Crippen LogP contribution in [-0.4, -0.2) is 161 Å². The zero-order chi connectivity index (χ0) is 84.0. The van der Waals surface area contributed by atoms with Gasteiger partial charge in [-0.15, -0.1) is 0 Å². The highest BCUT2D eigenvalue weighted by Crippen LogP contribution is 2.49. The van der Waals surface area contributed by atoms with Gasteiger partial charge < -0.3 is 44.5 Å². The van der Waals surface area contributed by atoms with Crippen molar-refractivity contribution in [2.24, 2.45) is 0 Å². The normalized spacial score (nSPS) is 13.4. The summed E-state index contributed by atoms with van der Waals surface area (Å²) in [5.74, 6) is -1.81. The number of methoxy groups -OCH3 is 2. The van der Waals surface area contributed by atoms with Crippen molar-refractivity contribution in [1.82, 2.24) is 29.7 Å². The molecule has 0 saturated heterocycles. The van der Waals surface area contributed by atoms with Crippen molar-refractivity contribution in [3.05, 3.63) is 237 Å². The minimum atomic E-state index is -3.76. The van der Waals surface area contributed by atoms with Crippen molar-refractivity contribution in [3.8, 4) is 28.7 Å². The average molecular weight is 1690 g/mol. The van der Waals surface area contributed by atoms with Crippen molar-refractivity contribution in [1.29, 1.82) is 0 Å². The number of hydrogen-bond donors (Lipinski definition) is 4. The van der Waals surface area contributed by atoms with E-state index in [4.69, 9.17) is 24.7 Å². The van der Waals surface area contributed by atoms with E-state index in [2.05, 4.69) is 24.4 Å². The predicted octanol–water partition coefficient (Wildman–Crippen LogP) is 9.98. The lowest BCUT2D eigenvalue weighted by Crippen LogP contribution is -2.27. The van der Waals surface area contributed by atoms with Gasteiger partial charge in [0, 0.05) is 118 Å². The van der Waals surface area contributed by atoms with Crippen LogP contribution in [0.1, 0.15) is 75.6 Å². The van der Waals surface area contributed by atoms with Gasteiger partial charge in [0.05, 0.1) is 90.6 Å². The Balaban J connectivity index is 0.000000162. The number of rotatable bonds is 24. The van der Waals surface area contributed by atoms with Gasteiger partial charge in [-0.05, 0) is 125 Å². The fourth-order valence-corrected chi connectivity index (χ4v) is 16.4. The van der Waals surface area contributed by atoms with E-state index in [-0.39, 0.29) is 132 Å². The molecule has 3 aliphatic rings. The molecule has 30 nitrogen and oxygen atoms in total. The first-order valence-corrected chi connectivity index (χ1v) is 44.2. The van der Waals surface area contributed by atoms with Gasteiger partial charge in [0.1, 0.15) is 58.7 Å². The molecule has 608 valence electrons. The number of benzene rings is 8. The zero-order valence-corrected chi connectivity index (χ0v) is 67.9. The van der Waals surface area contributed by atoms with E-state index in [1.54, 1.807) is 68.9 Å². The Morgan fingerprint density at radius 1 is 0.448 bits per heavy atom. The number of aromatic hydroxyl groups is 1. The van der Waals surface area contributed by atoms with Gasteiger partial charge in [0.15, 0.2) is 17.2 Å². The fraction of sp³-hybridized carbons (Fsp3) is 0.231. The Bertz CT molecular complexity index is 6420. The number of aromatic nitrogens is 3. The molecule has 0 fully saturated rings. The topological polar surface area (TPSA) is 387 Å². The summed E-state index contributed by atoms with van der Waals surface area (Å²) in [6.45, 7) is 0.0956. The largest absolute Gasteiger partial charge is 0.505 e. The molecule has 3 aromatic heterocycles. The Hall–Kier alpha value is -12.3. The Labute approximate surface area is 666 Å². The molecule has 0 bridgehead atoms. The summed E-state index contributed by atoms with van der Waals surface area (Å²) in [7, 11) is -11.3. The van der Waals surface area contributed by atoms with Crippen molar-refractivity contribution < 1.29 is 93.7 Å². The summed E-state index contributed by atoms with van der Waals surface area (Å²) in [5.41, 5.74) is 12.1. The predicted molar refractivity (Wildman–Crippen MR) is 433 cm³/mol. The quantitative estimate of drug-likeness (QED) is 0.0408. The SMILES string of the molecule is CN(c1c2c(c(O)c3ncccc13)C(=O)N(Cc1ccc(F)cc1NS(C)(=O)=O)C2)S(C)(=O)=O.COc1ccc(COc2c3c(c(N(C)S(C)(=O)=O)c4cccnc24)CN(Cc2ccc(F)cc2N)C3=O)cc1.COc1ccc(COc2c3c(c(N(C)S(C)(=O)=O)c4cccnc24)CN(Cc2ccc(F)cc2NS(C)(=O)=O)C3=O)cc1. The summed E-state index contributed by atoms with van der Waals surface area (Å²) in [4.78, 5) is 58.6. The number of phenolic OH excluding ortho intramolecular Hbond substituents is 1. The van der Waals surface area contributed by atoms with Crippen LogP contribution in [0.4, 0.5) is 47.3 Å². The maximum Gasteiger partial charge on any atom is 0.258 e. The van der Waals surface area contributed by atoms with Crippen LogP contribution in [-0.2, 0) is 103 Å². The highest BCUT2D eigenvalue weighted by atomic mass is 32.2. The van der Waals surface area contributed by atoms with Gasteiger partial charge in [-0.25, -0.2) is 55.3 Å². The second kappa shape index (κ2) is 32.6. The number of halogens is 3. The van der Waals surface area contributed by atoms with E-state index in [1.165, 1.54) is 84.6 Å². The number of carbonyl (C=O) groups is 3. The van der Waals surface area contributed by atoms with Gasteiger partial charge in [-0.3, -0.25) is 51.7 Å². The number of carbonyl (C=O) groups excluding carboxylic acids is 3. The van der Waals surface area contributed by atoms with Gasteiger partial charge in [0.2, 0.25) is 50.1 Å². The van der Waals surface area contributed by atoms with Crippen LogP contribution in [0.2, 0.25) is 0 Å². The van der Waals surface area contributed by atoms with Gasteiger partial charge in [-0.1, -0.05) is 42.5 Å². The first-order chi connectivity index (χ1) is 54.6. The molecule has 8 aromatic carbocycles. The molecule has 0 atom stereocenters. The van der Waals surface area contributed by atoms with E-state index < -0.39 is 79.4 Å². The van der Waals surface area contributed by atoms with E-state index in [1.807, 2.05) is 36.4 Å². The van der Waals surface area contributed by atoms with Crippen LogP contribution in [0, 0.1) is 17.5 Å². The molecular weight excluding hydrogens is 1610 g/mol. The molecule has 0 saturated carbocycles. The van der Waals surface area contributed by atoms with Crippen LogP contribution in [0.3, 0.4) is 0 Å². The van der Waals surface area contributed by atoms with E-state index in [0.29, 0.717) is 72.2 Å². The van der Waals surface area contributed by atoms with Crippen LogP contribution in [0.15, 0.2) is 158 Å². The maximum atomic E-state index is 14.1. The number of anilines is 6. The number of phenols is 1. The number of nitrogens with one attached hydrogen (secondary N) is 2. The van der Waals surface area contributed by atoms with Crippen molar-refractivity contribution in [2.75, 3.05) is 94.7 Å². The smallest absolute Gasteiger partial charge is 0.258 e. The lowest BCUT2D eigenvalue weighted by molar-refractivity contribution is 0.0756. The minimum Gasteiger partial charge on any atom is -0.505 e. The Kier molecular flexibility index (Phi) is 23.3. The lowest BCUT2D eigenvalue weighted by atomic mass is 10.0. The highest BCUT2D eigenvalue weighted by molar-refractivity contribution is 7.93. The minimum absolute atomic E-state index is 0.0115. The Morgan fingerprint density at radius 3 is 1.11 bits per heavy atom. The second-order valence-corrected chi connectivity index (χ2v) is 37.0. The van der Waals surface area contributed by atoms with Crippen LogP contribution >= 0.6 is 0 Å². The third kappa shape index (κ3) is 17.7. The third-order valence-corrected chi connectivity index (χ3v) is 24.0. The molecule has 5 N–H and O–H groups in total. The van der Waals surface area contributed by atoms with Gasteiger partial charge in [-0.2, -0.15) is 0 Å². The molecule has 0 radical (unpaired) electrons. The molecule has 0 unspecified atom stereocenters. The van der Waals surface area contributed by atoms with Gasteiger partial charge in [0.25, 0.3) is 17.7 Å². The summed E-state index contributed by atoms with van der Waals surface area (Å²) < 4.78 is 195. The van der Waals surface area contributed by atoms with Crippen LogP contribution in [0.5, 0.6) is 28.7 Å². The Morgan fingerprint density at radius 2 is 0.767 bits per heavy atom. The molecule has 3 aliphatic heterocycles. The number of fused-ring (bicyclic) bond motifs is 6. The number of hydrogen-bond acceptors (Lipinski definition) is 22. The molecule has 14 rings (SSSR count). The van der Waals surface area contributed by atoms with Crippen LogP contribution in [0.25, 0.3) is 32.7 Å². The summed E-state index contributed by atoms with van der Waals surface area (Å²) >= 11 is 0. The molecule has 3 amide bonds. The first kappa shape index (κ1) is 83.2. The molecule has 38 heteroatoms. The van der Waals surface area contributed by atoms with Crippen LogP contribution < -0.4 is 47.0 Å². The number of amides is 3. The first-order valence-electron chi connectivity index (χ1n) is 34.9. The van der Waals surface area contributed by atoms with Gasteiger partial charge >= 0.3 is 0 Å². The number of nitrogens with zero attached hydrogens (tertiary/aromatic N) is 9. The fourth-order valence-electron chi connectivity index (χ4n) is 13.6. The summed E-state index contributed by atoms with van der Waals surface area (Å²) in [6, 6.07) is 35.6. The molecule has 0 aliphatic carbocycles. The number of ether oxygens (including phenoxy) is 4. The van der Waals surface area contributed by atoms with E-state index in [0.717, 1.165) is 73.5 Å². The van der Waals surface area contributed by atoms with E-state index in [9.17, 15) is 74.8 Å². The standard InChI is InChI=1S/C29H29FN4O7S2.C28H27FN4O5S.C21H21FN4O6S2/c1-33(43(4,38)39)27-22-6-5-13-31-26(22)28(41-17-18-7-11-21(40-2)12-8-18)25-23(27)16-34(29(25)35)15-19-9-10-20(30)14-24(19)32-42(3,36)37;1-32(39(3,35)36)26-21-5-4-12-31-25(21)27(38-16-17-6-10-20(37-2)11-7-17)24-22(26)15-33(28(24)34)14-18-8-9-19(29)13-23(18)30;1-25(34(3,31)32)19-14-5-4-8-23-18(14)20(27)17-15(19)11-26(21(17)28)10-12-6-7-13(22)9-16(12)24-33(2,29)30/h5-14,32H,15-17H2,1-4H3;4-13H,14-16,30H2,1-3H3;4-9,24,27H,10-11H2,1-3H3. The molecule has 0 spiro atoms. The number of pyridine rings is 3. The monoisotopic (exact) mass is 1690 g/mol. The molecule has 6 heterocycles. The van der Waals surface area contributed by atoms with E-state index >= 15 is 0 Å². The molecular formula is C78H77F3N12O18S5. The summed E-state index contributed by atoms with van der Waals surface area (Å²) in [5, 5.41) is 12.2.